The average Bonchev–Trinajstić information content (AvgIpc) is 2.80. The van der Waals surface area contributed by atoms with Gasteiger partial charge < -0.3 is 15.4 Å². The van der Waals surface area contributed by atoms with Gasteiger partial charge in [-0.1, -0.05) is 25.1 Å². The molecule has 2 N–H and O–H groups in total. The van der Waals surface area contributed by atoms with Gasteiger partial charge in [-0.3, -0.25) is 19.4 Å². The summed E-state index contributed by atoms with van der Waals surface area (Å²) < 4.78 is 5.17. The highest BCUT2D eigenvalue weighted by Gasteiger charge is 2.21. The van der Waals surface area contributed by atoms with E-state index in [2.05, 4.69) is 27.4 Å². The monoisotopic (exact) mass is 466 g/mol. The van der Waals surface area contributed by atoms with E-state index in [1.807, 2.05) is 24.3 Å². The van der Waals surface area contributed by atoms with Crippen LogP contribution in [0, 0.1) is 0 Å². The van der Waals surface area contributed by atoms with Crippen LogP contribution < -0.4 is 10.6 Å². The second kappa shape index (κ2) is 12.3. The minimum Gasteiger partial charge on any atom is -0.459 e. The maximum absolute atomic E-state index is 12.5. The second-order valence-corrected chi connectivity index (χ2v) is 8.69. The predicted octanol–water partition coefficient (Wildman–Crippen LogP) is 3.01. The van der Waals surface area contributed by atoms with Crippen LogP contribution in [-0.2, 0) is 20.7 Å². The maximum Gasteiger partial charge on any atom is 0.338 e. The van der Waals surface area contributed by atoms with E-state index in [1.54, 1.807) is 38.1 Å². The molecule has 2 aromatic rings. The summed E-state index contributed by atoms with van der Waals surface area (Å²) in [5.41, 5.74) is 3.07. The molecule has 0 unspecified atom stereocenters. The third-order valence-electron chi connectivity index (χ3n) is 5.62. The zero-order chi connectivity index (χ0) is 24.5. The fourth-order valence-electron chi connectivity index (χ4n) is 3.82. The van der Waals surface area contributed by atoms with Gasteiger partial charge in [0.15, 0.2) is 0 Å². The topological polar surface area (TPSA) is 91.0 Å². The fraction of sp³-hybridized carbons (Fsp3) is 0.423. The van der Waals surface area contributed by atoms with Gasteiger partial charge in [-0.25, -0.2) is 4.79 Å². The zero-order valence-corrected chi connectivity index (χ0v) is 20.2. The van der Waals surface area contributed by atoms with Gasteiger partial charge in [-0.15, -0.1) is 0 Å². The number of ether oxygens (including phenoxy) is 1. The molecule has 0 aromatic heterocycles. The Morgan fingerprint density at radius 1 is 0.853 bits per heavy atom. The van der Waals surface area contributed by atoms with Crippen LogP contribution in [0.3, 0.4) is 0 Å². The number of esters is 1. The molecule has 0 bridgehead atoms. The van der Waals surface area contributed by atoms with Gasteiger partial charge in [-0.2, -0.15) is 0 Å². The molecule has 1 heterocycles. The number of benzene rings is 2. The quantitative estimate of drug-likeness (QED) is 0.552. The van der Waals surface area contributed by atoms with Crippen molar-refractivity contribution in [3.63, 3.8) is 0 Å². The average molecular weight is 467 g/mol. The molecule has 0 aliphatic carbocycles. The molecule has 1 fully saturated rings. The molecule has 0 atom stereocenters. The van der Waals surface area contributed by atoms with Gasteiger partial charge in [0.25, 0.3) is 0 Å². The van der Waals surface area contributed by atoms with Crippen LogP contribution in [0.5, 0.6) is 0 Å². The van der Waals surface area contributed by atoms with E-state index in [-0.39, 0.29) is 30.4 Å². The fourth-order valence-corrected chi connectivity index (χ4v) is 3.82. The van der Waals surface area contributed by atoms with Gasteiger partial charge in [0.2, 0.25) is 11.8 Å². The number of carbonyl (C=O) groups excluding carboxylic acids is 3. The van der Waals surface area contributed by atoms with Gasteiger partial charge in [0.05, 0.1) is 24.8 Å². The molecule has 182 valence electrons. The molecule has 2 amide bonds. The van der Waals surface area contributed by atoms with Crippen molar-refractivity contribution in [1.29, 1.82) is 0 Å². The minimum atomic E-state index is -0.381. The van der Waals surface area contributed by atoms with Crippen LogP contribution in [0.4, 0.5) is 11.4 Å². The highest BCUT2D eigenvalue weighted by atomic mass is 16.5. The van der Waals surface area contributed by atoms with Crippen molar-refractivity contribution in [2.75, 3.05) is 49.9 Å². The Labute approximate surface area is 201 Å². The van der Waals surface area contributed by atoms with Crippen molar-refractivity contribution in [3.8, 4) is 0 Å². The van der Waals surface area contributed by atoms with E-state index in [4.69, 9.17) is 4.74 Å². The number of rotatable bonds is 9. The number of hydrogen-bond acceptors (Lipinski definition) is 6. The van der Waals surface area contributed by atoms with Gasteiger partial charge in [0.1, 0.15) is 0 Å². The third kappa shape index (κ3) is 7.67. The smallest absolute Gasteiger partial charge is 0.338 e. The van der Waals surface area contributed by atoms with E-state index >= 15 is 0 Å². The summed E-state index contributed by atoms with van der Waals surface area (Å²) in [5.74, 6) is -0.512. The molecular formula is C26H34N4O4. The van der Waals surface area contributed by atoms with Crippen molar-refractivity contribution in [2.24, 2.45) is 0 Å². The van der Waals surface area contributed by atoms with Gasteiger partial charge in [-0.05, 0) is 56.2 Å². The zero-order valence-electron chi connectivity index (χ0n) is 20.2. The Bertz CT molecular complexity index is 983. The SMILES string of the molecule is CCc1ccccc1NC(=O)CN1CCN(CC(=O)Nc2ccc(C(=O)OC(C)C)cc2)CC1. The van der Waals surface area contributed by atoms with Crippen LogP contribution in [0.15, 0.2) is 48.5 Å². The van der Waals surface area contributed by atoms with E-state index in [1.165, 1.54) is 0 Å². The van der Waals surface area contributed by atoms with Gasteiger partial charge in [0, 0.05) is 37.6 Å². The lowest BCUT2D eigenvalue weighted by atomic mass is 10.1. The highest BCUT2D eigenvalue weighted by Crippen LogP contribution is 2.16. The first-order valence-electron chi connectivity index (χ1n) is 11.8. The Hall–Kier alpha value is -3.23. The summed E-state index contributed by atoms with van der Waals surface area (Å²) >= 11 is 0. The van der Waals surface area contributed by atoms with Crippen molar-refractivity contribution in [1.82, 2.24) is 9.80 Å². The van der Waals surface area contributed by atoms with Crippen molar-refractivity contribution >= 4 is 29.2 Å². The first-order chi connectivity index (χ1) is 16.3. The number of aryl methyl sites for hydroxylation is 1. The molecule has 3 rings (SSSR count). The number of para-hydroxylation sites is 1. The summed E-state index contributed by atoms with van der Waals surface area (Å²) in [6.45, 7) is 9.16. The van der Waals surface area contributed by atoms with Crippen LogP contribution in [0.1, 0.15) is 36.7 Å². The molecular weight excluding hydrogens is 432 g/mol. The summed E-state index contributed by atoms with van der Waals surface area (Å²) in [4.78, 5) is 41.0. The van der Waals surface area contributed by atoms with Crippen molar-refractivity contribution < 1.29 is 19.1 Å². The first-order valence-corrected chi connectivity index (χ1v) is 11.8. The van der Waals surface area contributed by atoms with Gasteiger partial charge >= 0.3 is 5.97 Å². The van der Waals surface area contributed by atoms with E-state index in [9.17, 15) is 14.4 Å². The van der Waals surface area contributed by atoms with E-state index < -0.39 is 0 Å². The molecule has 8 nitrogen and oxygen atoms in total. The summed E-state index contributed by atoms with van der Waals surface area (Å²) in [6, 6.07) is 14.5. The number of carbonyl (C=O) groups is 3. The number of hydrogen-bond donors (Lipinski definition) is 2. The summed E-state index contributed by atoms with van der Waals surface area (Å²) in [5, 5.41) is 5.88. The largest absolute Gasteiger partial charge is 0.459 e. The number of nitrogens with zero attached hydrogens (tertiary/aromatic N) is 2. The summed E-state index contributed by atoms with van der Waals surface area (Å²) in [6.07, 6.45) is 0.686. The molecule has 2 aromatic carbocycles. The standard InChI is InChI=1S/C26H34N4O4/c1-4-20-7-5-6-8-23(20)28-25(32)18-30-15-13-29(14-16-30)17-24(31)27-22-11-9-21(10-12-22)26(33)34-19(2)3/h5-12,19H,4,13-18H2,1-3H3,(H,27,31)(H,28,32). The molecule has 8 heteroatoms. The molecule has 1 aliphatic heterocycles. The molecule has 1 saturated heterocycles. The molecule has 0 saturated carbocycles. The van der Waals surface area contributed by atoms with E-state index in [0.717, 1.165) is 30.8 Å². The first kappa shape index (κ1) is 25.4. The molecule has 34 heavy (non-hydrogen) atoms. The Balaban J connectivity index is 1.39. The van der Waals surface area contributed by atoms with Crippen LogP contribution in [0.25, 0.3) is 0 Å². The van der Waals surface area contributed by atoms with Crippen molar-refractivity contribution in [2.45, 2.75) is 33.3 Å². The number of piperazine rings is 1. The normalized spacial score (nSPS) is 14.6. The minimum absolute atomic E-state index is 0.0205. The Morgan fingerprint density at radius 2 is 1.41 bits per heavy atom. The van der Waals surface area contributed by atoms with Crippen molar-refractivity contribution in [3.05, 3.63) is 59.7 Å². The maximum atomic E-state index is 12.5. The second-order valence-electron chi connectivity index (χ2n) is 8.69. The molecule has 1 aliphatic rings. The number of amides is 2. The molecule has 0 radical (unpaired) electrons. The number of anilines is 2. The highest BCUT2D eigenvalue weighted by molar-refractivity contribution is 5.94. The molecule has 0 spiro atoms. The predicted molar refractivity (Wildman–Crippen MR) is 133 cm³/mol. The van der Waals surface area contributed by atoms with Crippen LogP contribution in [0.2, 0.25) is 0 Å². The lowest BCUT2D eigenvalue weighted by Gasteiger charge is -2.33. The summed E-state index contributed by atoms with van der Waals surface area (Å²) in [7, 11) is 0. The lowest BCUT2D eigenvalue weighted by Crippen LogP contribution is -2.50. The Kier molecular flexibility index (Phi) is 9.18. The third-order valence-corrected chi connectivity index (χ3v) is 5.62. The van der Waals surface area contributed by atoms with Crippen LogP contribution >= 0.6 is 0 Å². The lowest BCUT2D eigenvalue weighted by molar-refractivity contribution is -0.120. The van der Waals surface area contributed by atoms with Crippen LogP contribution in [-0.4, -0.2) is 73.0 Å². The van der Waals surface area contributed by atoms with E-state index in [0.29, 0.717) is 30.9 Å². The Morgan fingerprint density at radius 3 is 1.97 bits per heavy atom. The number of nitrogens with one attached hydrogen (secondary N) is 2.